The summed E-state index contributed by atoms with van der Waals surface area (Å²) in [6, 6.07) is 12.2. The number of hydrogen-bond donors (Lipinski definition) is 0. The van der Waals surface area contributed by atoms with Gasteiger partial charge in [-0.15, -0.1) is 0 Å². The van der Waals surface area contributed by atoms with Gasteiger partial charge in [0.25, 0.3) is 0 Å². The second-order valence-corrected chi connectivity index (χ2v) is 12.1. The predicted octanol–water partition coefficient (Wildman–Crippen LogP) is 10.2. The van der Waals surface area contributed by atoms with Crippen LogP contribution in [0.5, 0.6) is 0 Å². The normalized spacial score (nSPS) is 19.8. The average Bonchev–Trinajstić information content (AvgIpc) is 3.25. The minimum atomic E-state index is -0.239. The summed E-state index contributed by atoms with van der Waals surface area (Å²) < 4.78 is 0. The fraction of sp³-hybridized carbons (Fsp3) is 0.312. The number of halogens is 3. The number of rotatable bonds is 5. The molecule has 2 aromatic rings. The van der Waals surface area contributed by atoms with Gasteiger partial charge < -0.3 is 4.90 Å². The van der Waals surface area contributed by atoms with Crippen LogP contribution in [-0.4, -0.2) is 7.05 Å². The van der Waals surface area contributed by atoms with Gasteiger partial charge in [-0.3, -0.25) is 0 Å². The van der Waals surface area contributed by atoms with Gasteiger partial charge in [-0.1, -0.05) is 93.4 Å². The summed E-state index contributed by atoms with van der Waals surface area (Å²) in [5.41, 5.74) is 9.03. The van der Waals surface area contributed by atoms with Crippen molar-refractivity contribution in [1.82, 2.24) is 0 Å². The van der Waals surface area contributed by atoms with E-state index < -0.39 is 0 Å². The number of hydrogen-bond acceptors (Lipinski definition) is 1. The quantitative estimate of drug-likeness (QED) is 0.342. The van der Waals surface area contributed by atoms with E-state index in [4.69, 9.17) is 34.8 Å². The molecule has 2 aliphatic rings. The van der Waals surface area contributed by atoms with E-state index in [1.54, 1.807) is 0 Å². The van der Waals surface area contributed by atoms with Crippen LogP contribution in [0.25, 0.3) is 0 Å². The number of nitrogens with zero attached hydrogens (tertiary/aromatic N) is 1. The van der Waals surface area contributed by atoms with E-state index in [0.29, 0.717) is 0 Å². The van der Waals surface area contributed by atoms with Crippen LogP contribution in [0.15, 0.2) is 94.7 Å². The first-order valence-electron chi connectivity index (χ1n) is 12.3. The highest BCUT2D eigenvalue weighted by Gasteiger charge is 2.38. The zero-order chi connectivity index (χ0) is 26.4. The van der Waals surface area contributed by atoms with E-state index in [0.717, 1.165) is 44.6 Å². The molecule has 0 saturated carbocycles. The first-order valence-corrected chi connectivity index (χ1v) is 13.5. The molecule has 1 aliphatic carbocycles. The van der Waals surface area contributed by atoms with Crippen molar-refractivity contribution >= 4 is 40.5 Å². The van der Waals surface area contributed by atoms with Gasteiger partial charge in [0.1, 0.15) is 0 Å². The van der Waals surface area contributed by atoms with Crippen LogP contribution in [0.1, 0.15) is 57.2 Å². The molecule has 0 fully saturated rings. The zero-order valence-corrected chi connectivity index (χ0v) is 24.2. The molecule has 0 aromatic heterocycles. The summed E-state index contributed by atoms with van der Waals surface area (Å²) in [6.07, 6.45) is 10.5. The van der Waals surface area contributed by atoms with Gasteiger partial charge in [-0.25, -0.2) is 0 Å². The first kappa shape index (κ1) is 26.9. The van der Waals surface area contributed by atoms with Crippen LogP contribution in [0.2, 0.25) is 10.0 Å². The number of anilines is 1. The highest BCUT2D eigenvalue weighted by Crippen LogP contribution is 2.48. The molecule has 0 saturated heterocycles. The maximum Gasteiger partial charge on any atom is 0.0470 e. The summed E-state index contributed by atoms with van der Waals surface area (Å²) in [4.78, 5) is 2.25. The fourth-order valence-corrected chi connectivity index (χ4v) is 6.01. The Labute approximate surface area is 231 Å². The molecule has 1 nitrogen and oxygen atoms in total. The largest absolute Gasteiger partial charge is 0.347 e. The van der Waals surface area contributed by atoms with Crippen LogP contribution < -0.4 is 4.90 Å². The van der Waals surface area contributed by atoms with Crippen molar-refractivity contribution in [1.29, 1.82) is 0 Å². The minimum Gasteiger partial charge on any atom is -0.347 e. The smallest absolute Gasteiger partial charge is 0.0470 e. The SMILES string of the molecule is C=C(/C=C/C1=C(Cl)C(=C/C=C2/N(C)c3ccc(Cl)cc3C2(C)C)/CC1)C(C)(C)c1cc(Cl)ccc1C. The molecule has 1 aliphatic heterocycles. The van der Waals surface area contributed by atoms with Gasteiger partial charge in [-0.2, -0.15) is 0 Å². The Balaban J connectivity index is 1.57. The molecule has 2 aromatic carbocycles. The molecule has 0 unspecified atom stereocenters. The van der Waals surface area contributed by atoms with Gasteiger partial charge in [-0.05, 0) is 89.6 Å². The summed E-state index contributed by atoms with van der Waals surface area (Å²) in [5.74, 6) is 0. The Morgan fingerprint density at radius 1 is 1.00 bits per heavy atom. The fourth-order valence-electron chi connectivity index (χ4n) is 5.35. The number of fused-ring (bicyclic) bond motifs is 1. The lowest BCUT2D eigenvalue weighted by Gasteiger charge is -2.28. The number of likely N-dealkylation sites (N-methyl/N-ethyl adjacent to an activating group) is 1. The Hall–Kier alpha value is -2.19. The predicted molar refractivity (Wildman–Crippen MR) is 159 cm³/mol. The van der Waals surface area contributed by atoms with Crippen LogP contribution in [0.4, 0.5) is 5.69 Å². The molecule has 0 radical (unpaired) electrons. The number of benzene rings is 2. The lowest BCUT2D eigenvalue weighted by atomic mass is 9.76. The molecule has 0 bridgehead atoms. The lowest BCUT2D eigenvalue weighted by molar-refractivity contribution is 0.637. The van der Waals surface area contributed by atoms with Gasteiger partial charge >= 0.3 is 0 Å². The van der Waals surface area contributed by atoms with Crippen LogP contribution >= 0.6 is 34.8 Å². The average molecular weight is 539 g/mol. The third kappa shape index (κ3) is 4.86. The van der Waals surface area contributed by atoms with E-state index >= 15 is 0 Å². The third-order valence-electron chi connectivity index (χ3n) is 7.83. The van der Waals surface area contributed by atoms with Crippen molar-refractivity contribution in [2.75, 3.05) is 11.9 Å². The molecular weight excluding hydrogens is 505 g/mol. The van der Waals surface area contributed by atoms with Gasteiger partial charge in [0.05, 0.1) is 0 Å². The van der Waals surface area contributed by atoms with Gasteiger partial charge in [0, 0.05) is 44.3 Å². The van der Waals surface area contributed by atoms with E-state index in [2.05, 4.69) is 95.6 Å². The molecular formula is C32H34Cl3N. The maximum absolute atomic E-state index is 6.86. The molecule has 1 heterocycles. The maximum atomic E-state index is 6.86. The summed E-state index contributed by atoms with van der Waals surface area (Å²) in [6.45, 7) is 15.4. The topological polar surface area (TPSA) is 3.24 Å². The number of aryl methyl sites for hydroxylation is 1. The molecule has 0 atom stereocenters. The standard InChI is InChI=1S/C32H34Cl3N/c1-20-8-14-24(33)18-26(20)31(3,4)21(2)9-10-22-11-12-23(30(22)35)13-17-29-32(5,6)27-19-25(34)15-16-28(27)36(29)7/h8-10,13-19H,2,11-12H2,1,3-7H3/b10-9+,23-13+,29-17+. The molecule has 0 N–H and O–H groups in total. The summed E-state index contributed by atoms with van der Waals surface area (Å²) in [5, 5.41) is 2.35. The second kappa shape index (κ2) is 9.93. The molecule has 4 heteroatoms. The van der Waals surface area contributed by atoms with E-state index in [-0.39, 0.29) is 10.8 Å². The Bertz CT molecular complexity index is 1350. The van der Waals surface area contributed by atoms with Crippen molar-refractivity contribution in [3.63, 3.8) is 0 Å². The van der Waals surface area contributed by atoms with Crippen LogP contribution in [0.3, 0.4) is 0 Å². The van der Waals surface area contributed by atoms with Gasteiger partial charge in [0.2, 0.25) is 0 Å². The highest BCUT2D eigenvalue weighted by molar-refractivity contribution is 6.33. The van der Waals surface area contributed by atoms with Crippen molar-refractivity contribution in [3.8, 4) is 0 Å². The first-order chi connectivity index (χ1) is 16.8. The third-order valence-corrected chi connectivity index (χ3v) is 8.78. The highest BCUT2D eigenvalue weighted by atomic mass is 35.5. The molecule has 188 valence electrons. The van der Waals surface area contributed by atoms with E-state index in [1.165, 1.54) is 28.1 Å². The summed E-state index contributed by atoms with van der Waals surface area (Å²) >= 11 is 19.4. The minimum absolute atomic E-state index is 0.134. The Morgan fingerprint density at radius 2 is 1.67 bits per heavy atom. The van der Waals surface area contributed by atoms with E-state index in [1.807, 2.05) is 18.2 Å². The zero-order valence-electron chi connectivity index (χ0n) is 22.0. The Morgan fingerprint density at radius 3 is 2.39 bits per heavy atom. The van der Waals surface area contributed by atoms with Crippen molar-refractivity contribution in [2.45, 2.75) is 58.3 Å². The lowest BCUT2D eigenvalue weighted by Crippen LogP contribution is -2.22. The molecule has 0 amide bonds. The monoisotopic (exact) mass is 537 g/mol. The van der Waals surface area contributed by atoms with Gasteiger partial charge in [0.15, 0.2) is 0 Å². The molecule has 36 heavy (non-hydrogen) atoms. The Kier molecular flexibility index (Phi) is 7.41. The molecule has 0 spiro atoms. The summed E-state index contributed by atoms with van der Waals surface area (Å²) in [7, 11) is 2.11. The van der Waals surface area contributed by atoms with E-state index in [9.17, 15) is 0 Å². The van der Waals surface area contributed by atoms with Crippen molar-refractivity contribution in [3.05, 3.63) is 121 Å². The van der Waals surface area contributed by atoms with Crippen molar-refractivity contribution in [2.24, 2.45) is 0 Å². The van der Waals surface area contributed by atoms with Crippen molar-refractivity contribution < 1.29 is 0 Å². The van der Waals surface area contributed by atoms with Crippen LogP contribution in [0, 0.1) is 6.92 Å². The number of allylic oxidation sites excluding steroid dienone is 9. The van der Waals surface area contributed by atoms with Crippen LogP contribution in [-0.2, 0) is 10.8 Å². The molecule has 4 rings (SSSR count). The second-order valence-electron chi connectivity index (χ2n) is 10.9.